The summed E-state index contributed by atoms with van der Waals surface area (Å²) in [4.78, 5) is 13.9. The largest absolute Gasteiger partial charge is 0.355 e. The smallest absolute Gasteiger partial charge is 0.227 e. The summed E-state index contributed by atoms with van der Waals surface area (Å²) in [5.41, 5.74) is 5.60. The number of rotatable bonds is 5. The molecule has 148 valence electrons. The number of amides is 1. The summed E-state index contributed by atoms with van der Waals surface area (Å²) in [7, 11) is 0. The maximum Gasteiger partial charge on any atom is 0.227 e. The second kappa shape index (κ2) is 8.74. The Balaban J connectivity index is 1.72. The van der Waals surface area contributed by atoms with E-state index in [1.807, 2.05) is 29.2 Å². The van der Waals surface area contributed by atoms with Crippen LogP contribution in [0.4, 0.5) is 11.4 Å². The van der Waals surface area contributed by atoms with Crippen molar-refractivity contribution in [1.29, 1.82) is 0 Å². The SMILES string of the molecule is Cc1ccc([C@H](NC(=S)Nc2cccc(N3CCCC3=O)c2)C(C)C)c(C)c1. The first-order valence-corrected chi connectivity index (χ1v) is 10.3. The molecular weight excluding hydrogens is 366 g/mol. The van der Waals surface area contributed by atoms with E-state index < -0.39 is 0 Å². The van der Waals surface area contributed by atoms with Crippen LogP contribution in [0, 0.1) is 19.8 Å². The van der Waals surface area contributed by atoms with Crippen molar-refractivity contribution in [2.45, 2.75) is 46.6 Å². The van der Waals surface area contributed by atoms with Gasteiger partial charge in [0.25, 0.3) is 0 Å². The van der Waals surface area contributed by atoms with Gasteiger partial charge in [0.2, 0.25) is 5.91 Å². The summed E-state index contributed by atoms with van der Waals surface area (Å²) in [6, 6.07) is 14.5. The van der Waals surface area contributed by atoms with Crippen molar-refractivity contribution in [3.8, 4) is 0 Å². The van der Waals surface area contributed by atoms with Crippen molar-refractivity contribution in [2.75, 3.05) is 16.8 Å². The number of hydrogen-bond acceptors (Lipinski definition) is 2. The predicted molar refractivity (Wildman–Crippen MR) is 121 cm³/mol. The minimum Gasteiger partial charge on any atom is -0.355 e. The van der Waals surface area contributed by atoms with E-state index >= 15 is 0 Å². The Morgan fingerprint density at radius 3 is 2.57 bits per heavy atom. The van der Waals surface area contributed by atoms with Crippen molar-refractivity contribution in [3.63, 3.8) is 0 Å². The topological polar surface area (TPSA) is 44.4 Å². The van der Waals surface area contributed by atoms with Crippen molar-refractivity contribution in [3.05, 3.63) is 59.2 Å². The first-order chi connectivity index (χ1) is 13.3. The molecule has 2 aromatic rings. The number of carbonyl (C=O) groups excluding carboxylic acids is 1. The number of hydrogen-bond donors (Lipinski definition) is 2. The molecule has 0 spiro atoms. The summed E-state index contributed by atoms with van der Waals surface area (Å²) < 4.78 is 0. The van der Waals surface area contributed by atoms with Gasteiger partial charge in [-0.25, -0.2) is 0 Å². The number of aryl methyl sites for hydroxylation is 2. The van der Waals surface area contributed by atoms with Gasteiger partial charge in [0.1, 0.15) is 0 Å². The van der Waals surface area contributed by atoms with Crippen LogP contribution in [0.25, 0.3) is 0 Å². The molecule has 3 rings (SSSR count). The van der Waals surface area contributed by atoms with Gasteiger partial charge < -0.3 is 15.5 Å². The van der Waals surface area contributed by atoms with E-state index in [1.54, 1.807) is 0 Å². The summed E-state index contributed by atoms with van der Waals surface area (Å²) in [5, 5.41) is 7.35. The molecule has 2 N–H and O–H groups in total. The second-order valence-electron chi connectivity index (χ2n) is 7.88. The van der Waals surface area contributed by atoms with Crippen LogP contribution in [0.1, 0.15) is 49.4 Å². The van der Waals surface area contributed by atoms with E-state index in [0.29, 0.717) is 17.5 Å². The van der Waals surface area contributed by atoms with Crippen LogP contribution in [-0.4, -0.2) is 17.6 Å². The molecule has 2 aromatic carbocycles. The summed E-state index contributed by atoms with van der Waals surface area (Å²) in [6.45, 7) is 9.43. The minimum absolute atomic E-state index is 0.129. The molecule has 0 bridgehead atoms. The molecule has 5 heteroatoms. The fraction of sp³-hybridized carbons (Fsp3) is 0.391. The third-order valence-electron chi connectivity index (χ3n) is 5.20. The Kier molecular flexibility index (Phi) is 6.35. The first kappa shape index (κ1) is 20.3. The van der Waals surface area contributed by atoms with Gasteiger partial charge in [0.05, 0.1) is 6.04 Å². The minimum atomic E-state index is 0.129. The van der Waals surface area contributed by atoms with E-state index in [4.69, 9.17) is 12.2 Å². The standard InChI is InChI=1S/C23H29N3OS/c1-15(2)22(20-11-10-16(3)13-17(20)4)25-23(28)24-18-7-5-8-19(14-18)26-12-6-9-21(26)27/h5,7-8,10-11,13-15,22H,6,9,12H2,1-4H3,(H2,24,25,28)/t22-/m1/s1. The lowest BCUT2D eigenvalue weighted by Crippen LogP contribution is -2.35. The fourth-order valence-corrected chi connectivity index (χ4v) is 4.00. The van der Waals surface area contributed by atoms with Crippen LogP contribution in [-0.2, 0) is 4.79 Å². The molecule has 0 aliphatic carbocycles. The molecule has 1 aliphatic heterocycles. The van der Waals surface area contributed by atoms with E-state index in [2.05, 4.69) is 56.5 Å². The Hall–Kier alpha value is -2.40. The zero-order valence-corrected chi connectivity index (χ0v) is 17.9. The third kappa shape index (κ3) is 4.71. The van der Waals surface area contributed by atoms with E-state index in [1.165, 1.54) is 16.7 Å². The van der Waals surface area contributed by atoms with Gasteiger partial charge in [-0.2, -0.15) is 0 Å². The predicted octanol–water partition coefficient (Wildman–Crippen LogP) is 5.11. The van der Waals surface area contributed by atoms with Crippen molar-refractivity contribution < 1.29 is 4.79 Å². The van der Waals surface area contributed by atoms with Gasteiger partial charge >= 0.3 is 0 Å². The van der Waals surface area contributed by atoms with Crippen molar-refractivity contribution in [1.82, 2.24) is 5.32 Å². The van der Waals surface area contributed by atoms with Crippen LogP contribution in [0.3, 0.4) is 0 Å². The number of benzene rings is 2. The van der Waals surface area contributed by atoms with Crippen LogP contribution in [0.2, 0.25) is 0 Å². The zero-order valence-electron chi connectivity index (χ0n) is 17.1. The number of anilines is 2. The average Bonchev–Trinajstić information content (AvgIpc) is 3.06. The quantitative estimate of drug-likeness (QED) is 0.690. The number of nitrogens with zero attached hydrogens (tertiary/aromatic N) is 1. The monoisotopic (exact) mass is 395 g/mol. The van der Waals surface area contributed by atoms with E-state index in [-0.39, 0.29) is 11.9 Å². The number of thiocarbonyl (C=S) groups is 1. The molecule has 1 heterocycles. The zero-order chi connectivity index (χ0) is 20.3. The molecule has 1 amide bonds. The lowest BCUT2D eigenvalue weighted by atomic mass is 9.92. The average molecular weight is 396 g/mol. The van der Waals surface area contributed by atoms with Crippen LogP contribution >= 0.6 is 12.2 Å². The highest BCUT2D eigenvalue weighted by Crippen LogP contribution is 2.27. The highest BCUT2D eigenvalue weighted by Gasteiger charge is 2.22. The Morgan fingerprint density at radius 1 is 1.14 bits per heavy atom. The molecule has 1 fully saturated rings. The summed E-state index contributed by atoms with van der Waals surface area (Å²) in [6.07, 6.45) is 1.55. The normalized spacial score (nSPS) is 15.0. The fourth-order valence-electron chi connectivity index (χ4n) is 3.76. The number of nitrogens with one attached hydrogen (secondary N) is 2. The highest BCUT2D eigenvalue weighted by molar-refractivity contribution is 7.80. The van der Waals surface area contributed by atoms with E-state index in [9.17, 15) is 4.79 Å². The van der Waals surface area contributed by atoms with Crippen LogP contribution < -0.4 is 15.5 Å². The van der Waals surface area contributed by atoms with E-state index in [0.717, 1.165) is 24.3 Å². The molecule has 0 saturated carbocycles. The Labute approximate surface area is 173 Å². The maximum absolute atomic E-state index is 12.0. The summed E-state index contributed by atoms with van der Waals surface area (Å²) >= 11 is 5.60. The number of carbonyl (C=O) groups is 1. The van der Waals surface area contributed by atoms with Gasteiger partial charge in [0.15, 0.2) is 5.11 Å². The lowest BCUT2D eigenvalue weighted by Gasteiger charge is -2.26. The van der Waals surface area contributed by atoms with Gasteiger partial charge in [-0.1, -0.05) is 43.7 Å². The van der Waals surface area contributed by atoms with Gasteiger partial charge in [-0.3, -0.25) is 4.79 Å². The molecule has 1 aliphatic rings. The molecule has 4 nitrogen and oxygen atoms in total. The first-order valence-electron chi connectivity index (χ1n) is 9.90. The van der Waals surface area contributed by atoms with Crippen LogP contribution in [0.5, 0.6) is 0 Å². The molecular formula is C23H29N3OS. The molecule has 28 heavy (non-hydrogen) atoms. The third-order valence-corrected chi connectivity index (χ3v) is 5.42. The summed E-state index contributed by atoms with van der Waals surface area (Å²) in [5.74, 6) is 0.572. The Morgan fingerprint density at radius 2 is 1.93 bits per heavy atom. The Bertz CT molecular complexity index is 878. The molecule has 0 unspecified atom stereocenters. The maximum atomic E-state index is 12.0. The molecule has 1 saturated heterocycles. The molecule has 1 atom stereocenters. The van der Waals surface area contributed by atoms with Gasteiger partial charge in [-0.05, 0) is 67.7 Å². The molecule has 0 radical (unpaired) electrons. The second-order valence-corrected chi connectivity index (χ2v) is 8.29. The van der Waals surface area contributed by atoms with Crippen molar-refractivity contribution >= 4 is 34.6 Å². The lowest BCUT2D eigenvalue weighted by molar-refractivity contribution is -0.117. The highest BCUT2D eigenvalue weighted by atomic mass is 32.1. The van der Waals surface area contributed by atoms with Gasteiger partial charge in [-0.15, -0.1) is 0 Å². The molecule has 0 aromatic heterocycles. The van der Waals surface area contributed by atoms with Crippen LogP contribution in [0.15, 0.2) is 42.5 Å². The van der Waals surface area contributed by atoms with Crippen molar-refractivity contribution in [2.24, 2.45) is 5.92 Å². The van der Waals surface area contributed by atoms with Gasteiger partial charge in [0, 0.05) is 24.3 Å².